The molecule has 0 radical (unpaired) electrons. The summed E-state index contributed by atoms with van der Waals surface area (Å²) >= 11 is 0. The smallest absolute Gasteiger partial charge is 0.289 e. The van der Waals surface area contributed by atoms with Crippen LogP contribution in [0.1, 0.15) is 35.9 Å². The van der Waals surface area contributed by atoms with Gasteiger partial charge in [0.1, 0.15) is 5.75 Å². The maximum absolute atomic E-state index is 12.4. The maximum atomic E-state index is 12.4. The molecule has 0 unspecified atom stereocenters. The first-order valence-electron chi connectivity index (χ1n) is 11.2. The van der Waals surface area contributed by atoms with E-state index in [1.807, 2.05) is 48.5 Å². The molecule has 2 heterocycles. The van der Waals surface area contributed by atoms with Crippen molar-refractivity contribution in [2.24, 2.45) is 0 Å². The summed E-state index contributed by atoms with van der Waals surface area (Å²) in [5, 5.41) is 2.86. The van der Waals surface area contributed by atoms with Crippen LogP contribution in [0.3, 0.4) is 0 Å². The van der Waals surface area contributed by atoms with Gasteiger partial charge < -0.3 is 24.3 Å². The molecule has 1 N–H and O–H groups in total. The predicted octanol–water partition coefficient (Wildman–Crippen LogP) is 4.38. The summed E-state index contributed by atoms with van der Waals surface area (Å²) in [4.78, 5) is 28.7. The second-order valence-corrected chi connectivity index (χ2v) is 8.36. The molecule has 1 aromatic heterocycles. The van der Waals surface area contributed by atoms with Crippen LogP contribution >= 0.6 is 0 Å². The second kappa shape index (κ2) is 10.3. The zero-order valence-electron chi connectivity index (χ0n) is 19.0. The molecule has 0 bridgehead atoms. The molecular formula is C26H29N3O4. The van der Waals surface area contributed by atoms with E-state index in [-0.39, 0.29) is 18.4 Å². The van der Waals surface area contributed by atoms with Gasteiger partial charge in [0.15, 0.2) is 12.4 Å². The minimum Gasteiger partial charge on any atom is -0.484 e. The molecule has 0 saturated carbocycles. The van der Waals surface area contributed by atoms with Gasteiger partial charge in [0.25, 0.3) is 11.8 Å². The molecule has 0 aliphatic carbocycles. The summed E-state index contributed by atoms with van der Waals surface area (Å²) < 4.78 is 10.8. The Morgan fingerprint density at radius 2 is 1.67 bits per heavy atom. The highest BCUT2D eigenvalue weighted by atomic mass is 16.5. The van der Waals surface area contributed by atoms with Crippen LogP contribution in [-0.2, 0) is 4.79 Å². The number of anilines is 2. The van der Waals surface area contributed by atoms with E-state index in [1.54, 1.807) is 17.0 Å². The summed E-state index contributed by atoms with van der Waals surface area (Å²) in [5.74, 6) is 1.23. The minimum atomic E-state index is -0.208. The fourth-order valence-corrected chi connectivity index (χ4v) is 3.77. The lowest BCUT2D eigenvalue weighted by molar-refractivity contribution is -0.118. The lowest BCUT2D eigenvalue weighted by Crippen LogP contribution is -2.48. The van der Waals surface area contributed by atoms with Gasteiger partial charge in [-0.2, -0.15) is 0 Å². The molecule has 2 aromatic carbocycles. The van der Waals surface area contributed by atoms with Crippen LogP contribution in [0.2, 0.25) is 0 Å². The first-order valence-corrected chi connectivity index (χ1v) is 11.2. The summed E-state index contributed by atoms with van der Waals surface area (Å²) in [6.45, 7) is 6.97. The third kappa shape index (κ3) is 5.74. The Labute approximate surface area is 193 Å². The van der Waals surface area contributed by atoms with Crippen molar-refractivity contribution in [3.05, 3.63) is 78.3 Å². The molecule has 1 saturated heterocycles. The van der Waals surface area contributed by atoms with Gasteiger partial charge >= 0.3 is 0 Å². The number of piperazine rings is 1. The highest BCUT2D eigenvalue weighted by Gasteiger charge is 2.23. The first-order chi connectivity index (χ1) is 16.0. The van der Waals surface area contributed by atoms with E-state index in [0.29, 0.717) is 36.2 Å². The number of carbonyl (C=O) groups is 2. The molecule has 1 aliphatic heterocycles. The molecule has 4 rings (SSSR count). The molecule has 33 heavy (non-hydrogen) atoms. The number of nitrogens with zero attached hydrogens (tertiary/aromatic N) is 2. The van der Waals surface area contributed by atoms with Crippen LogP contribution < -0.4 is 15.0 Å². The first kappa shape index (κ1) is 22.5. The fraction of sp³-hybridized carbons (Fsp3) is 0.308. The van der Waals surface area contributed by atoms with Crippen LogP contribution in [0.25, 0.3) is 0 Å². The Balaban J connectivity index is 1.23. The Morgan fingerprint density at radius 1 is 0.970 bits per heavy atom. The average molecular weight is 448 g/mol. The molecule has 0 atom stereocenters. The molecule has 7 heteroatoms. The number of carbonyl (C=O) groups excluding carboxylic acids is 2. The van der Waals surface area contributed by atoms with E-state index in [0.717, 1.165) is 18.8 Å². The molecule has 0 spiro atoms. The van der Waals surface area contributed by atoms with Crippen molar-refractivity contribution >= 4 is 23.2 Å². The minimum absolute atomic E-state index is 0.0472. The van der Waals surface area contributed by atoms with Crippen molar-refractivity contribution in [2.75, 3.05) is 43.0 Å². The standard InChI is InChI=1S/C26H29N3O4/c1-19(2)20-5-11-23(12-6-20)33-18-25(30)27-21-7-9-22(10-8-21)28-13-15-29(16-14-28)26(31)24-4-3-17-32-24/h3-12,17,19H,13-16,18H2,1-2H3,(H,27,30). The van der Waals surface area contributed by atoms with Crippen molar-refractivity contribution in [3.63, 3.8) is 0 Å². The van der Waals surface area contributed by atoms with Crippen molar-refractivity contribution in [1.29, 1.82) is 0 Å². The summed E-state index contributed by atoms with van der Waals surface area (Å²) in [5.41, 5.74) is 3.01. The van der Waals surface area contributed by atoms with E-state index in [9.17, 15) is 9.59 Å². The number of furan rings is 1. The third-order valence-corrected chi connectivity index (χ3v) is 5.73. The maximum Gasteiger partial charge on any atom is 0.289 e. The molecule has 3 aromatic rings. The van der Waals surface area contributed by atoms with Crippen LogP contribution in [0.5, 0.6) is 5.75 Å². The number of hydrogen-bond acceptors (Lipinski definition) is 5. The zero-order valence-corrected chi connectivity index (χ0v) is 19.0. The predicted molar refractivity (Wildman–Crippen MR) is 128 cm³/mol. The molecular weight excluding hydrogens is 418 g/mol. The van der Waals surface area contributed by atoms with E-state index < -0.39 is 0 Å². The van der Waals surface area contributed by atoms with Gasteiger partial charge in [0, 0.05) is 37.6 Å². The Bertz CT molecular complexity index is 1050. The summed E-state index contributed by atoms with van der Waals surface area (Å²) in [7, 11) is 0. The monoisotopic (exact) mass is 447 g/mol. The number of rotatable bonds is 7. The van der Waals surface area contributed by atoms with Gasteiger partial charge in [0.05, 0.1) is 6.26 Å². The third-order valence-electron chi connectivity index (χ3n) is 5.73. The van der Waals surface area contributed by atoms with E-state index >= 15 is 0 Å². The number of benzene rings is 2. The van der Waals surface area contributed by atoms with Crippen molar-refractivity contribution < 1.29 is 18.7 Å². The molecule has 7 nitrogen and oxygen atoms in total. The van der Waals surface area contributed by atoms with Gasteiger partial charge in [-0.1, -0.05) is 26.0 Å². The average Bonchev–Trinajstić information content (AvgIpc) is 3.38. The van der Waals surface area contributed by atoms with Gasteiger partial charge in [-0.15, -0.1) is 0 Å². The van der Waals surface area contributed by atoms with Gasteiger partial charge in [0.2, 0.25) is 0 Å². The largest absolute Gasteiger partial charge is 0.484 e. The topological polar surface area (TPSA) is 75.0 Å². The van der Waals surface area contributed by atoms with Crippen molar-refractivity contribution in [3.8, 4) is 5.75 Å². The van der Waals surface area contributed by atoms with Crippen molar-refractivity contribution in [1.82, 2.24) is 4.90 Å². The van der Waals surface area contributed by atoms with E-state index in [1.165, 1.54) is 11.8 Å². The number of ether oxygens (including phenoxy) is 1. The highest BCUT2D eigenvalue weighted by molar-refractivity contribution is 5.92. The number of hydrogen-bond donors (Lipinski definition) is 1. The lowest BCUT2D eigenvalue weighted by atomic mass is 10.0. The van der Waals surface area contributed by atoms with Gasteiger partial charge in [-0.25, -0.2) is 0 Å². The molecule has 2 amide bonds. The summed E-state index contributed by atoms with van der Waals surface area (Å²) in [6, 6.07) is 18.9. The van der Waals surface area contributed by atoms with Crippen LogP contribution in [0.4, 0.5) is 11.4 Å². The van der Waals surface area contributed by atoms with E-state index in [4.69, 9.17) is 9.15 Å². The SMILES string of the molecule is CC(C)c1ccc(OCC(=O)Nc2ccc(N3CCN(C(=O)c4ccco4)CC3)cc2)cc1. The van der Waals surface area contributed by atoms with Crippen LogP contribution in [0.15, 0.2) is 71.3 Å². The Hall–Kier alpha value is -3.74. The zero-order chi connectivity index (χ0) is 23.2. The highest BCUT2D eigenvalue weighted by Crippen LogP contribution is 2.21. The Morgan fingerprint density at radius 3 is 2.27 bits per heavy atom. The second-order valence-electron chi connectivity index (χ2n) is 8.36. The number of nitrogens with one attached hydrogen (secondary N) is 1. The summed E-state index contributed by atoms with van der Waals surface area (Å²) in [6.07, 6.45) is 1.51. The number of amides is 2. The molecule has 1 fully saturated rings. The van der Waals surface area contributed by atoms with Crippen molar-refractivity contribution in [2.45, 2.75) is 19.8 Å². The normalized spacial score (nSPS) is 13.8. The van der Waals surface area contributed by atoms with Gasteiger partial charge in [-0.05, 0) is 60.0 Å². The van der Waals surface area contributed by atoms with Crippen LogP contribution in [0, 0.1) is 0 Å². The molecule has 172 valence electrons. The fourth-order valence-electron chi connectivity index (χ4n) is 3.77. The Kier molecular flexibility index (Phi) is 6.98. The quantitative estimate of drug-likeness (QED) is 0.582. The van der Waals surface area contributed by atoms with E-state index in [2.05, 4.69) is 24.1 Å². The van der Waals surface area contributed by atoms with Crippen LogP contribution in [-0.4, -0.2) is 49.5 Å². The molecule has 1 aliphatic rings. The van der Waals surface area contributed by atoms with Gasteiger partial charge in [-0.3, -0.25) is 9.59 Å². The lowest BCUT2D eigenvalue weighted by Gasteiger charge is -2.35.